The second kappa shape index (κ2) is 4.94. The van der Waals surface area contributed by atoms with Crippen LogP contribution in [0.4, 0.5) is 0 Å². The number of carbonyl (C=O) groups is 1. The molecule has 17 heavy (non-hydrogen) atoms. The minimum atomic E-state index is -0.854. The van der Waals surface area contributed by atoms with Crippen LogP contribution < -0.4 is 5.32 Å². The van der Waals surface area contributed by atoms with Gasteiger partial charge in [0.15, 0.2) is 0 Å². The van der Waals surface area contributed by atoms with Gasteiger partial charge in [0, 0.05) is 6.54 Å². The first kappa shape index (κ1) is 12.8. The molecule has 1 unspecified atom stereocenters. The first-order valence-corrected chi connectivity index (χ1v) is 6.75. The molecule has 4 nitrogen and oxygen atoms in total. The van der Waals surface area contributed by atoms with Crippen LogP contribution in [-0.2, 0) is 9.53 Å². The fraction of sp³-hybridized carbons (Fsp3) is 0.923. The number of hydrogen-bond donors (Lipinski definition) is 2. The Hall–Kier alpha value is -0.610. The number of piperidine rings is 1. The molecule has 0 radical (unpaired) electrons. The molecule has 98 valence electrons. The van der Waals surface area contributed by atoms with Gasteiger partial charge in [0.2, 0.25) is 0 Å². The minimum absolute atomic E-state index is 0.211. The summed E-state index contributed by atoms with van der Waals surface area (Å²) in [7, 11) is 0. The third kappa shape index (κ3) is 2.08. The number of aliphatic hydroxyl groups is 1. The van der Waals surface area contributed by atoms with E-state index in [9.17, 15) is 9.90 Å². The number of carbonyl (C=O) groups excluding carboxylic acids is 1. The third-order valence-corrected chi connectivity index (χ3v) is 4.37. The quantitative estimate of drug-likeness (QED) is 0.730. The number of ether oxygens (including phenoxy) is 1. The summed E-state index contributed by atoms with van der Waals surface area (Å²) in [5.41, 5.74) is -1.57. The van der Waals surface area contributed by atoms with Crippen LogP contribution in [0.15, 0.2) is 0 Å². The second-order valence-corrected chi connectivity index (χ2v) is 5.32. The van der Waals surface area contributed by atoms with E-state index in [1.807, 2.05) is 6.92 Å². The van der Waals surface area contributed by atoms with E-state index in [4.69, 9.17) is 4.74 Å². The molecule has 0 aromatic heterocycles. The Bertz CT molecular complexity index is 278. The summed E-state index contributed by atoms with van der Waals surface area (Å²) in [4.78, 5) is 12.3. The van der Waals surface area contributed by atoms with Gasteiger partial charge < -0.3 is 15.2 Å². The van der Waals surface area contributed by atoms with Gasteiger partial charge in [-0.2, -0.15) is 0 Å². The first-order valence-electron chi connectivity index (χ1n) is 6.75. The van der Waals surface area contributed by atoms with Gasteiger partial charge in [-0.25, -0.2) is 0 Å². The average molecular weight is 241 g/mol. The molecule has 1 saturated heterocycles. The normalized spacial score (nSPS) is 32.4. The summed E-state index contributed by atoms with van der Waals surface area (Å²) in [5, 5.41) is 14.1. The summed E-state index contributed by atoms with van der Waals surface area (Å²) < 4.78 is 5.22. The Morgan fingerprint density at radius 2 is 2.00 bits per heavy atom. The average Bonchev–Trinajstić information content (AvgIpc) is 2.79. The molecule has 1 aliphatic carbocycles. The van der Waals surface area contributed by atoms with Crippen molar-refractivity contribution in [2.24, 2.45) is 5.41 Å². The molecule has 0 bridgehead atoms. The molecule has 1 saturated carbocycles. The zero-order valence-corrected chi connectivity index (χ0v) is 10.6. The van der Waals surface area contributed by atoms with Gasteiger partial charge in [-0.1, -0.05) is 12.8 Å². The Morgan fingerprint density at radius 3 is 2.53 bits per heavy atom. The molecular formula is C13H23NO3. The van der Waals surface area contributed by atoms with E-state index in [0.29, 0.717) is 13.2 Å². The van der Waals surface area contributed by atoms with E-state index in [-0.39, 0.29) is 5.97 Å². The Kier molecular flexibility index (Phi) is 3.73. The fourth-order valence-corrected chi connectivity index (χ4v) is 3.37. The summed E-state index contributed by atoms with van der Waals surface area (Å²) in [6.07, 6.45) is 5.16. The molecule has 1 aliphatic heterocycles. The van der Waals surface area contributed by atoms with E-state index < -0.39 is 11.0 Å². The van der Waals surface area contributed by atoms with Gasteiger partial charge in [-0.3, -0.25) is 4.79 Å². The Morgan fingerprint density at radius 1 is 1.29 bits per heavy atom. The van der Waals surface area contributed by atoms with Gasteiger partial charge >= 0.3 is 5.97 Å². The lowest BCUT2D eigenvalue weighted by molar-refractivity contribution is -0.178. The van der Waals surface area contributed by atoms with Gasteiger partial charge in [0.05, 0.1) is 12.2 Å². The molecule has 2 aliphatic rings. The van der Waals surface area contributed by atoms with E-state index in [1.165, 1.54) is 0 Å². The molecule has 4 heteroatoms. The standard InChI is InChI=1S/C13H23NO3/c1-2-17-11(15)12(6-5-9-14-10-12)13(16)7-3-4-8-13/h14,16H,2-10H2,1H3. The van der Waals surface area contributed by atoms with Gasteiger partial charge in [0.1, 0.15) is 5.41 Å². The number of nitrogens with one attached hydrogen (secondary N) is 1. The van der Waals surface area contributed by atoms with Crippen LogP contribution in [0.1, 0.15) is 45.4 Å². The zero-order chi connectivity index (χ0) is 12.4. The van der Waals surface area contributed by atoms with Crippen LogP contribution in [0.25, 0.3) is 0 Å². The predicted octanol–water partition coefficient (Wildman–Crippen LogP) is 1.22. The SMILES string of the molecule is CCOC(=O)C1(C2(O)CCCC2)CCCNC1. The predicted molar refractivity (Wildman–Crippen MR) is 64.6 cm³/mol. The van der Waals surface area contributed by atoms with Crippen molar-refractivity contribution in [1.29, 1.82) is 0 Å². The van der Waals surface area contributed by atoms with E-state index in [2.05, 4.69) is 5.32 Å². The van der Waals surface area contributed by atoms with E-state index >= 15 is 0 Å². The van der Waals surface area contributed by atoms with Crippen molar-refractivity contribution in [3.8, 4) is 0 Å². The summed E-state index contributed by atoms with van der Waals surface area (Å²) in [6.45, 7) is 3.69. The Labute approximate surface area is 103 Å². The highest BCUT2D eigenvalue weighted by atomic mass is 16.5. The molecule has 1 atom stereocenters. The van der Waals surface area contributed by atoms with Gasteiger partial charge in [-0.15, -0.1) is 0 Å². The minimum Gasteiger partial charge on any atom is -0.465 e. The van der Waals surface area contributed by atoms with Crippen molar-refractivity contribution < 1.29 is 14.6 Å². The van der Waals surface area contributed by atoms with Crippen molar-refractivity contribution in [1.82, 2.24) is 5.32 Å². The van der Waals surface area contributed by atoms with Crippen molar-refractivity contribution in [2.45, 2.75) is 51.0 Å². The lowest BCUT2D eigenvalue weighted by Gasteiger charge is -2.45. The number of esters is 1. The van der Waals surface area contributed by atoms with E-state index in [1.54, 1.807) is 0 Å². The molecule has 0 aromatic rings. The maximum Gasteiger partial charge on any atom is 0.316 e. The number of rotatable bonds is 3. The zero-order valence-electron chi connectivity index (χ0n) is 10.6. The lowest BCUT2D eigenvalue weighted by Crippen LogP contribution is -2.59. The van der Waals surface area contributed by atoms with Crippen LogP contribution in [0.2, 0.25) is 0 Å². The maximum absolute atomic E-state index is 12.3. The molecule has 1 heterocycles. The number of hydrogen-bond acceptors (Lipinski definition) is 4. The molecule has 2 fully saturated rings. The fourth-order valence-electron chi connectivity index (χ4n) is 3.37. The maximum atomic E-state index is 12.3. The Balaban J connectivity index is 2.25. The van der Waals surface area contributed by atoms with Crippen molar-refractivity contribution in [3.05, 3.63) is 0 Å². The van der Waals surface area contributed by atoms with Crippen LogP contribution in [0.5, 0.6) is 0 Å². The second-order valence-electron chi connectivity index (χ2n) is 5.32. The van der Waals surface area contributed by atoms with Crippen molar-refractivity contribution in [3.63, 3.8) is 0 Å². The van der Waals surface area contributed by atoms with Gasteiger partial charge in [0.25, 0.3) is 0 Å². The molecule has 0 aromatic carbocycles. The highest BCUT2D eigenvalue weighted by Crippen LogP contribution is 2.48. The molecule has 0 amide bonds. The first-order chi connectivity index (χ1) is 8.15. The summed E-state index contributed by atoms with van der Waals surface area (Å²) >= 11 is 0. The summed E-state index contributed by atoms with van der Waals surface area (Å²) in [5.74, 6) is -0.211. The monoisotopic (exact) mass is 241 g/mol. The van der Waals surface area contributed by atoms with Crippen molar-refractivity contribution >= 4 is 5.97 Å². The smallest absolute Gasteiger partial charge is 0.316 e. The summed E-state index contributed by atoms with van der Waals surface area (Å²) in [6, 6.07) is 0. The highest BCUT2D eigenvalue weighted by molar-refractivity contribution is 5.79. The molecule has 0 spiro atoms. The molecular weight excluding hydrogens is 218 g/mol. The van der Waals surface area contributed by atoms with Crippen LogP contribution in [-0.4, -0.2) is 36.4 Å². The van der Waals surface area contributed by atoms with Crippen molar-refractivity contribution in [2.75, 3.05) is 19.7 Å². The largest absolute Gasteiger partial charge is 0.465 e. The molecule has 2 N–H and O–H groups in total. The van der Waals surface area contributed by atoms with E-state index in [0.717, 1.165) is 45.1 Å². The van der Waals surface area contributed by atoms with Crippen LogP contribution >= 0.6 is 0 Å². The van der Waals surface area contributed by atoms with Crippen LogP contribution in [0.3, 0.4) is 0 Å². The lowest BCUT2D eigenvalue weighted by atomic mass is 9.66. The molecule has 2 rings (SSSR count). The topological polar surface area (TPSA) is 58.6 Å². The third-order valence-electron chi connectivity index (χ3n) is 4.37. The highest BCUT2D eigenvalue weighted by Gasteiger charge is 2.57. The van der Waals surface area contributed by atoms with Gasteiger partial charge in [-0.05, 0) is 39.2 Å². The van der Waals surface area contributed by atoms with Crippen LogP contribution in [0, 0.1) is 5.41 Å².